The molecule has 6 heteroatoms. The van der Waals surface area contributed by atoms with Crippen LogP contribution in [0.1, 0.15) is 48.2 Å². The van der Waals surface area contributed by atoms with Crippen LogP contribution in [0.25, 0.3) is 0 Å². The number of rotatable bonds is 5. The van der Waals surface area contributed by atoms with Crippen molar-refractivity contribution in [2.75, 3.05) is 35.7 Å². The van der Waals surface area contributed by atoms with Gasteiger partial charge in [0.15, 0.2) is 0 Å². The van der Waals surface area contributed by atoms with Crippen LogP contribution in [-0.2, 0) is 17.8 Å². The van der Waals surface area contributed by atoms with Crippen LogP contribution in [0.4, 0.5) is 11.4 Å². The molecule has 0 spiro atoms. The first-order valence-corrected chi connectivity index (χ1v) is 11.5. The molecule has 2 heterocycles. The minimum atomic E-state index is -0.685. The molecular weight excluding hydrogens is 410 g/mol. The van der Waals surface area contributed by atoms with E-state index in [1.54, 1.807) is 0 Å². The first-order chi connectivity index (χ1) is 14.9. The first kappa shape index (κ1) is 21.7. The summed E-state index contributed by atoms with van der Waals surface area (Å²) in [5.41, 5.74) is 4.21. The van der Waals surface area contributed by atoms with Crippen molar-refractivity contribution >= 4 is 34.8 Å². The summed E-state index contributed by atoms with van der Waals surface area (Å²) < 4.78 is 0. The quantitative estimate of drug-likeness (QED) is 0.687. The van der Waals surface area contributed by atoms with Gasteiger partial charge in [-0.15, -0.1) is 11.6 Å². The van der Waals surface area contributed by atoms with Crippen molar-refractivity contribution in [1.29, 1.82) is 0 Å². The second-order valence-corrected chi connectivity index (χ2v) is 9.41. The zero-order valence-electron chi connectivity index (χ0n) is 18.3. The number of carbonyl (C=O) groups excluding carboxylic acids is 2. The molecule has 0 unspecified atom stereocenters. The van der Waals surface area contributed by atoms with Gasteiger partial charge in [-0.1, -0.05) is 24.3 Å². The van der Waals surface area contributed by atoms with Gasteiger partial charge < -0.3 is 15.1 Å². The van der Waals surface area contributed by atoms with Crippen molar-refractivity contribution in [2.45, 2.75) is 39.7 Å². The molecule has 4 rings (SSSR count). The molecule has 2 aliphatic rings. The van der Waals surface area contributed by atoms with Crippen molar-refractivity contribution in [2.24, 2.45) is 5.41 Å². The number of hydrogen-bond donors (Lipinski definition) is 1. The molecule has 0 bridgehead atoms. The number of carbonyl (C=O) groups is 2. The zero-order chi connectivity index (χ0) is 22.0. The Morgan fingerprint density at radius 1 is 1.03 bits per heavy atom. The molecule has 0 atom stereocenters. The summed E-state index contributed by atoms with van der Waals surface area (Å²) in [5, 5.41) is 2.95. The number of nitrogens with zero attached hydrogens (tertiary/aromatic N) is 2. The Labute approximate surface area is 189 Å². The largest absolute Gasteiger partial charge is 0.366 e. The molecule has 31 heavy (non-hydrogen) atoms. The first-order valence-electron chi connectivity index (χ1n) is 11.0. The average Bonchev–Trinajstić information content (AvgIpc) is 3.33. The minimum absolute atomic E-state index is 0.0408. The van der Waals surface area contributed by atoms with E-state index < -0.39 is 5.41 Å². The SMILES string of the molecule is CC(C)(CCl)C(=O)Nc1ccc(N2CCc3ccccc3C2)c(C(=O)N2CCCC2)c1. The zero-order valence-corrected chi connectivity index (χ0v) is 19.0. The summed E-state index contributed by atoms with van der Waals surface area (Å²) in [6.07, 6.45) is 3.03. The normalized spacial score (nSPS) is 16.2. The maximum Gasteiger partial charge on any atom is 0.256 e. The molecule has 1 N–H and O–H groups in total. The number of nitrogens with one attached hydrogen (secondary N) is 1. The number of amides is 2. The molecule has 5 nitrogen and oxygen atoms in total. The summed E-state index contributed by atoms with van der Waals surface area (Å²) >= 11 is 5.96. The highest BCUT2D eigenvalue weighted by Crippen LogP contribution is 2.32. The third kappa shape index (κ3) is 4.57. The topological polar surface area (TPSA) is 52.7 Å². The molecule has 1 fully saturated rings. The van der Waals surface area contributed by atoms with Gasteiger partial charge in [0.05, 0.1) is 11.0 Å². The molecule has 164 valence electrons. The number of anilines is 2. The predicted molar refractivity (Wildman–Crippen MR) is 126 cm³/mol. The van der Waals surface area contributed by atoms with Crippen molar-refractivity contribution in [1.82, 2.24) is 4.90 Å². The van der Waals surface area contributed by atoms with Crippen molar-refractivity contribution in [3.8, 4) is 0 Å². The Hall–Kier alpha value is -2.53. The second kappa shape index (κ2) is 8.91. The van der Waals surface area contributed by atoms with E-state index in [4.69, 9.17) is 11.6 Å². The lowest BCUT2D eigenvalue weighted by atomic mass is 9.95. The highest BCUT2D eigenvalue weighted by molar-refractivity contribution is 6.20. The molecule has 0 aromatic heterocycles. The second-order valence-electron chi connectivity index (χ2n) is 9.14. The van der Waals surface area contributed by atoms with Gasteiger partial charge in [-0.25, -0.2) is 0 Å². The Morgan fingerprint density at radius 2 is 1.74 bits per heavy atom. The molecule has 0 radical (unpaired) electrons. The smallest absolute Gasteiger partial charge is 0.256 e. The standard InChI is InChI=1S/C25H30ClN3O2/c1-25(2,17-26)24(31)27-20-9-10-22(21(15-20)23(30)28-12-5-6-13-28)29-14-11-18-7-3-4-8-19(18)16-29/h3-4,7-10,15H,5-6,11-14,16-17H2,1-2H3,(H,27,31). The van der Waals surface area contributed by atoms with Crippen LogP contribution in [0, 0.1) is 5.41 Å². The molecule has 0 aliphatic carbocycles. The number of likely N-dealkylation sites (tertiary alicyclic amines) is 1. The molecule has 2 aromatic rings. The van der Waals surface area contributed by atoms with Crippen LogP contribution >= 0.6 is 11.6 Å². The third-order valence-corrected chi connectivity index (χ3v) is 6.97. The van der Waals surface area contributed by atoms with Crippen molar-refractivity contribution in [3.63, 3.8) is 0 Å². The maximum atomic E-state index is 13.4. The molecule has 2 aromatic carbocycles. The van der Waals surface area contributed by atoms with E-state index in [2.05, 4.69) is 34.5 Å². The van der Waals surface area contributed by atoms with Crippen LogP contribution in [-0.4, -0.2) is 42.2 Å². The van der Waals surface area contributed by atoms with E-state index in [1.165, 1.54) is 11.1 Å². The van der Waals surface area contributed by atoms with Gasteiger partial charge in [0.2, 0.25) is 5.91 Å². The predicted octanol–water partition coefficient (Wildman–Crippen LogP) is 4.69. The van der Waals surface area contributed by atoms with Gasteiger partial charge >= 0.3 is 0 Å². The van der Waals surface area contributed by atoms with E-state index in [-0.39, 0.29) is 17.7 Å². The highest BCUT2D eigenvalue weighted by atomic mass is 35.5. The van der Waals surface area contributed by atoms with Gasteiger partial charge in [-0.2, -0.15) is 0 Å². The van der Waals surface area contributed by atoms with Crippen molar-refractivity contribution in [3.05, 3.63) is 59.2 Å². The summed E-state index contributed by atoms with van der Waals surface area (Å²) in [5.74, 6) is 0.115. The lowest BCUT2D eigenvalue weighted by molar-refractivity contribution is -0.122. The summed E-state index contributed by atoms with van der Waals surface area (Å²) in [7, 11) is 0. The number of alkyl halides is 1. The monoisotopic (exact) mass is 439 g/mol. The maximum absolute atomic E-state index is 13.4. The Kier molecular flexibility index (Phi) is 6.24. The number of hydrogen-bond acceptors (Lipinski definition) is 3. The molecular formula is C25H30ClN3O2. The Balaban J connectivity index is 1.66. The van der Waals surface area contributed by atoms with E-state index in [1.807, 2.05) is 36.9 Å². The third-order valence-electron chi connectivity index (χ3n) is 6.30. The number of halogens is 1. The summed E-state index contributed by atoms with van der Waals surface area (Å²) in [6.45, 7) is 6.84. The lowest BCUT2D eigenvalue weighted by Crippen LogP contribution is -2.35. The van der Waals surface area contributed by atoms with Gasteiger partial charge in [-0.3, -0.25) is 9.59 Å². The van der Waals surface area contributed by atoms with E-state index in [9.17, 15) is 9.59 Å². The van der Waals surface area contributed by atoms with Crippen LogP contribution < -0.4 is 10.2 Å². The van der Waals surface area contributed by atoms with Gasteiger partial charge in [0, 0.05) is 43.4 Å². The van der Waals surface area contributed by atoms with Gasteiger partial charge in [0.25, 0.3) is 5.91 Å². The fourth-order valence-electron chi connectivity index (χ4n) is 4.21. The van der Waals surface area contributed by atoms with E-state index in [0.29, 0.717) is 11.3 Å². The molecule has 2 aliphatic heterocycles. The van der Waals surface area contributed by atoms with Crippen LogP contribution in [0.15, 0.2) is 42.5 Å². The summed E-state index contributed by atoms with van der Waals surface area (Å²) in [6, 6.07) is 14.2. The fourth-order valence-corrected chi connectivity index (χ4v) is 4.34. The number of benzene rings is 2. The van der Waals surface area contributed by atoms with Crippen molar-refractivity contribution < 1.29 is 9.59 Å². The van der Waals surface area contributed by atoms with Crippen LogP contribution in [0.3, 0.4) is 0 Å². The highest BCUT2D eigenvalue weighted by Gasteiger charge is 2.29. The average molecular weight is 440 g/mol. The van der Waals surface area contributed by atoms with Crippen LogP contribution in [0.2, 0.25) is 0 Å². The lowest BCUT2D eigenvalue weighted by Gasteiger charge is -2.33. The van der Waals surface area contributed by atoms with E-state index >= 15 is 0 Å². The Bertz CT molecular complexity index is 982. The number of fused-ring (bicyclic) bond motifs is 1. The molecule has 1 saturated heterocycles. The fraction of sp³-hybridized carbons (Fsp3) is 0.440. The van der Waals surface area contributed by atoms with E-state index in [0.717, 1.165) is 51.1 Å². The summed E-state index contributed by atoms with van der Waals surface area (Å²) in [4.78, 5) is 30.2. The Morgan fingerprint density at radius 3 is 2.45 bits per heavy atom. The molecule has 0 saturated carbocycles. The van der Waals surface area contributed by atoms with Crippen LogP contribution in [0.5, 0.6) is 0 Å². The van der Waals surface area contributed by atoms with Gasteiger partial charge in [0.1, 0.15) is 0 Å². The van der Waals surface area contributed by atoms with Gasteiger partial charge in [-0.05, 0) is 62.4 Å². The minimum Gasteiger partial charge on any atom is -0.366 e. The molecule has 2 amide bonds.